The summed E-state index contributed by atoms with van der Waals surface area (Å²) in [6, 6.07) is 4.29. The summed E-state index contributed by atoms with van der Waals surface area (Å²) in [7, 11) is 0. The van der Waals surface area contributed by atoms with Gasteiger partial charge in [0.1, 0.15) is 0 Å². The van der Waals surface area contributed by atoms with Crippen LogP contribution in [-0.2, 0) is 0 Å². The molecule has 0 saturated heterocycles. The number of pyridine rings is 2. The van der Waals surface area contributed by atoms with Crippen LogP contribution < -0.4 is 5.32 Å². The second-order valence-electron chi connectivity index (χ2n) is 7.23. The third kappa shape index (κ3) is 3.21. The zero-order valence-corrected chi connectivity index (χ0v) is 13.6. The topological polar surface area (TPSA) is 54.9 Å². The van der Waals surface area contributed by atoms with Crippen molar-refractivity contribution in [3.05, 3.63) is 35.8 Å². The lowest BCUT2D eigenvalue weighted by atomic mass is 9.87. The second kappa shape index (κ2) is 5.91. The van der Waals surface area contributed by atoms with Gasteiger partial charge in [-0.3, -0.25) is 14.8 Å². The Labute approximate surface area is 136 Å². The fourth-order valence-electron chi connectivity index (χ4n) is 3.44. The molecular formula is C19H23N3O. The van der Waals surface area contributed by atoms with Gasteiger partial charge in [0.25, 0.3) is 5.91 Å². The second-order valence-corrected chi connectivity index (χ2v) is 7.23. The Kier molecular flexibility index (Phi) is 3.76. The van der Waals surface area contributed by atoms with Crippen molar-refractivity contribution < 1.29 is 4.79 Å². The minimum atomic E-state index is -0.00905. The summed E-state index contributed by atoms with van der Waals surface area (Å²) in [6.45, 7) is 2.29. The Morgan fingerprint density at radius 1 is 1.04 bits per heavy atom. The van der Waals surface area contributed by atoms with Crippen molar-refractivity contribution >= 4 is 16.8 Å². The molecule has 0 bridgehead atoms. The van der Waals surface area contributed by atoms with E-state index in [-0.39, 0.29) is 5.91 Å². The van der Waals surface area contributed by atoms with Crippen LogP contribution in [0.15, 0.2) is 24.5 Å². The predicted octanol–water partition coefficient (Wildman–Crippen LogP) is 3.82. The van der Waals surface area contributed by atoms with Crippen molar-refractivity contribution in [1.82, 2.24) is 15.3 Å². The minimum Gasteiger partial charge on any atom is -0.349 e. The molecule has 1 amide bonds. The number of amides is 1. The van der Waals surface area contributed by atoms with Crippen molar-refractivity contribution in [2.45, 2.75) is 57.4 Å². The number of fused-ring (bicyclic) bond motifs is 1. The third-order valence-electron chi connectivity index (χ3n) is 5.20. The fraction of sp³-hybridized carbons (Fsp3) is 0.526. The van der Waals surface area contributed by atoms with Gasteiger partial charge in [0.2, 0.25) is 0 Å². The highest BCUT2D eigenvalue weighted by Gasteiger charge is 2.25. The Bertz CT molecular complexity index is 730. The monoisotopic (exact) mass is 309 g/mol. The number of carbonyl (C=O) groups is 1. The van der Waals surface area contributed by atoms with E-state index < -0.39 is 0 Å². The van der Waals surface area contributed by atoms with E-state index in [4.69, 9.17) is 0 Å². The molecule has 120 valence electrons. The van der Waals surface area contributed by atoms with E-state index in [1.807, 2.05) is 12.3 Å². The van der Waals surface area contributed by atoms with E-state index in [2.05, 4.69) is 28.3 Å². The molecule has 1 N–H and O–H groups in total. The van der Waals surface area contributed by atoms with Crippen LogP contribution in [-0.4, -0.2) is 21.9 Å². The average molecular weight is 309 g/mol. The Hall–Kier alpha value is -1.97. The van der Waals surface area contributed by atoms with Crippen LogP contribution in [0, 0.1) is 5.92 Å². The minimum absolute atomic E-state index is 0.00905. The Balaban J connectivity index is 1.49. The summed E-state index contributed by atoms with van der Waals surface area (Å²) < 4.78 is 0. The van der Waals surface area contributed by atoms with Gasteiger partial charge < -0.3 is 5.32 Å². The van der Waals surface area contributed by atoms with Gasteiger partial charge in [0.15, 0.2) is 0 Å². The van der Waals surface area contributed by atoms with Gasteiger partial charge in [-0.15, -0.1) is 0 Å². The first-order chi connectivity index (χ1) is 11.2. The molecule has 2 aromatic rings. The van der Waals surface area contributed by atoms with Crippen LogP contribution in [0.2, 0.25) is 0 Å². The number of carbonyl (C=O) groups excluding carboxylic acids is 1. The molecule has 4 heteroatoms. The van der Waals surface area contributed by atoms with Gasteiger partial charge in [0, 0.05) is 35.4 Å². The first-order valence-corrected chi connectivity index (χ1v) is 8.75. The molecule has 0 spiro atoms. The molecule has 0 aromatic carbocycles. The fourth-order valence-corrected chi connectivity index (χ4v) is 3.44. The van der Waals surface area contributed by atoms with Crippen molar-refractivity contribution in [1.29, 1.82) is 0 Å². The highest BCUT2D eigenvalue weighted by molar-refractivity contribution is 5.97. The maximum atomic E-state index is 12.5. The average Bonchev–Trinajstić information content (AvgIpc) is 3.41. The van der Waals surface area contributed by atoms with Crippen molar-refractivity contribution in [3.63, 3.8) is 0 Å². The Morgan fingerprint density at radius 3 is 2.57 bits per heavy atom. The van der Waals surface area contributed by atoms with E-state index >= 15 is 0 Å². The number of hydrogen-bond donors (Lipinski definition) is 1. The van der Waals surface area contributed by atoms with Crippen LogP contribution in [0.3, 0.4) is 0 Å². The molecule has 2 aliphatic rings. The van der Waals surface area contributed by atoms with E-state index in [9.17, 15) is 4.79 Å². The lowest BCUT2D eigenvalue weighted by molar-refractivity contribution is 0.0923. The normalized spacial score (nSPS) is 24.6. The smallest absolute Gasteiger partial charge is 0.253 e. The number of nitrogens with one attached hydrogen (secondary N) is 1. The van der Waals surface area contributed by atoms with Crippen molar-refractivity contribution in [2.24, 2.45) is 5.92 Å². The Morgan fingerprint density at radius 2 is 1.83 bits per heavy atom. The van der Waals surface area contributed by atoms with Gasteiger partial charge in [-0.05, 0) is 56.6 Å². The van der Waals surface area contributed by atoms with Gasteiger partial charge in [-0.1, -0.05) is 6.92 Å². The molecule has 0 radical (unpaired) electrons. The first kappa shape index (κ1) is 14.6. The molecule has 0 aliphatic heterocycles. The van der Waals surface area contributed by atoms with Gasteiger partial charge in [0.05, 0.1) is 11.1 Å². The zero-order chi connectivity index (χ0) is 15.8. The summed E-state index contributed by atoms with van der Waals surface area (Å²) in [5, 5.41) is 4.10. The third-order valence-corrected chi connectivity index (χ3v) is 5.20. The highest BCUT2D eigenvalue weighted by Crippen LogP contribution is 2.39. The molecule has 2 aliphatic carbocycles. The standard InChI is InChI=1S/C19H23N3O/c1-12-2-6-16(7-3-12)22-19(23)15-8-14-10-20-17(13-4-5-13)9-18(14)21-11-15/h8-13,16H,2-7H2,1H3,(H,22,23). The molecule has 23 heavy (non-hydrogen) atoms. The molecule has 2 heterocycles. The van der Waals surface area contributed by atoms with Gasteiger partial charge in [-0.25, -0.2) is 0 Å². The van der Waals surface area contributed by atoms with Crippen molar-refractivity contribution in [2.75, 3.05) is 0 Å². The highest BCUT2D eigenvalue weighted by atomic mass is 16.1. The molecule has 4 nitrogen and oxygen atoms in total. The molecule has 2 saturated carbocycles. The van der Waals surface area contributed by atoms with Crippen LogP contribution in [0.5, 0.6) is 0 Å². The van der Waals surface area contributed by atoms with Gasteiger partial charge >= 0.3 is 0 Å². The summed E-state index contributed by atoms with van der Waals surface area (Å²) in [4.78, 5) is 21.5. The van der Waals surface area contributed by atoms with E-state index in [1.165, 1.54) is 25.7 Å². The lowest BCUT2D eigenvalue weighted by Crippen LogP contribution is -2.37. The predicted molar refractivity (Wildman–Crippen MR) is 90.4 cm³/mol. The van der Waals surface area contributed by atoms with E-state index in [0.29, 0.717) is 17.5 Å². The molecule has 4 rings (SSSR count). The van der Waals surface area contributed by atoms with Crippen molar-refractivity contribution in [3.8, 4) is 0 Å². The summed E-state index contributed by atoms with van der Waals surface area (Å²) in [6.07, 6.45) is 10.6. The molecule has 2 fully saturated rings. The number of nitrogens with zero attached hydrogens (tertiary/aromatic N) is 2. The largest absolute Gasteiger partial charge is 0.349 e. The van der Waals surface area contributed by atoms with Crippen LogP contribution >= 0.6 is 0 Å². The van der Waals surface area contributed by atoms with Crippen LogP contribution in [0.25, 0.3) is 10.9 Å². The SMILES string of the molecule is CC1CCC(NC(=O)c2cnc3cc(C4CC4)ncc3c2)CC1. The summed E-state index contributed by atoms with van der Waals surface area (Å²) >= 11 is 0. The lowest BCUT2D eigenvalue weighted by Gasteiger charge is -2.26. The molecule has 0 atom stereocenters. The molecule has 0 unspecified atom stereocenters. The number of aromatic nitrogens is 2. The first-order valence-electron chi connectivity index (χ1n) is 8.75. The molecule has 2 aromatic heterocycles. The summed E-state index contributed by atoms with van der Waals surface area (Å²) in [5.41, 5.74) is 2.71. The van der Waals surface area contributed by atoms with E-state index in [0.717, 1.165) is 35.4 Å². The summed E-state index contributed by atoms with van der Waals surface area (Å²) in [5.74, 6) is 1.40. The van der Waals surface area contributed by atoms with Crippen LogP contribution in [0.1, 0.15) is 67.4 Å². The van der Waals surface area contributed by atoms with E-state index in [1.54, 1.807) is 6.20 Å². The maximum absolute atomic E-state index is 12.5. The number of rotatable bonds is 3. The number of hydrogen-bond acceptors (Lipinski definition) is 3. The molecular weight excluding hydrogens is 286 g/mol. The quantitative estimate of drug-likeness (QED) is 0.938. The zero-order valence-electron chi connectivity index (χ0n) is 13.6. The van der Waals surface area contributed by atoms with Gasteiger partial charge in [-0.2, -0.15) is 0 Å². The van der Waals surface area contributed by atoms with Crippen LogP contribution in [0.4, 0.5) is 0 Å². The maximum Gasteiger partial charge on any atom is 0.253 e.